The van der Waals surface area contributed by atoms with Crippen molar-refractivity contribution in [2.45, 2.75) is 58.6 Å². The maximum atomic E-state index is 12.5. The molecule has 4 rings (SSSR count). The number of nitrogens with zero attached hydrogens (tertiary/aromatic N) is 2. The summed E-state index contributed by atoms with van der Waals surface area (Å²) in [5.74, 6) is 0.998. The highest BCUT2D eigenvalue weighted by Gasteiger charge is 2.52. The normalized spacial score (nSPS) is 36.2. The molecule has 1 aromatic heterocycles. The summed E-state index contributed by atoms with van der Waals surface area (Å²) in [5, 5.41) is 2.29. The molecule has 0 spiro atoms. The number of aromatic nitrogens is 2. The molecule has 1 aliphatic heterocycles. The molecule has 2 N–H and O–H groups in total. The number of fused-ring (bicyclic) bond motifs is 2. The Morgan fingerprint density at radius 3 is 3.15 bits per heavy atom. The van der Waals surface area contributed by atoms with Crippen LogP contribution in [0.15, 0.2) is 30.4 Å². The standard InChI is InChI=1S/C21H31N3O2/c1-15-5-3-6-21(2)12-19-16(11-18(15)21)17(20(25)26-19)13-22-7-4-9-24-10-8-23-14-24/h8,10-11,14-17,19,22H,3-7,9,12-13H2,1-2H3/p+1/t15-,16+,17-,19+,21+/m0/s1. The second-order valence-corrected chi connectivity index (χ2v) is 8.81. The van der Waals surface area contributed by atoms with Crippen LogP contribution in [0.2, 0.25) is 0 Å². The smallest absolute Gasteiger partial charge is 0.315 e. The molecule has 2 fully saturated rings. The van der Waals surface area contributed by atoms with Gasteiger partial charge in [-0.15, -0.1) is 0 Å². The molecular formula is C21H32N3O2+. The molecule has 0 radical (unpaired) electrons. The Labute approximate surface area is 156 Å². The summed E-state index contributed by atoms with van der Waals surface area (Å²) in [5.41, 5.74) is 1.86. The van der Waals surface area contributed by atoms with Gasteiger partial charge in [0.05, 0.1) is 19.4 Å². The molecule has 142 valence electrons. The van der Waals surface area contributed by atoms with Gasteiger partial charge in [-0.25, -0.2) is 4.98 Å². The SMILES string of the molecule is C[C@H]1CCC[C@]2(C)C[C@H]3OC(=O)[C@@H](C[NH2+]CCCn4ccnc4)[C@H]3C=C12. The molecule has 5 nitrogen and oxygen atoms in total. The van der Waals surface area contributed by atoms with Crippen molar-refractivity contribution in [2.75, 3.05) is 13.1 Å². The van der Waals surface area contributed by atoms with Gasteiger partial charge in [0.15, 0.2) is 0 Å². The Morgan fingerprint density at radius 2 is 2.35 bits per heavy atom. The number of allylic oxidation sites excluding steroid dienone is 1. The molecule has 5 atom stereocenters. The minimum absolute atomic E-state index is 0.0256. The zero-order valence-corrected chi connectivity index (χ0v) is 16.1. The van der Waals surface area contributed by atoms with E-state index in [1.54, 1.807) is 5.57 Å². The first kappa shape index (κ1) is 17.8. The van der Waals surface area contributed by atoms with Gasteiger partial charge in [-0.3, -0.25) is 4.79 Å². The second kappa shape index (κ2) is 7.18. The third-order valence-corrected chi connectivity index (χ3v) is 6.89. The number of hydrogen-bond acceptors (Lipinski definition) is 3. The molecule has 2 aliphatic carbocycles. The highest BCUT2D eigenvalue weighted by Crippen LogP contribution is 2.53. The van der Waals surface area contributed by atoms with Crippen molar-refractivity contribution in [2.24, 2.45) is 23.2 Å². The molecule has 5 heteroatoms. The number of esters is 1. The van der Waals surface area contributed by atoms with Crippen LogP contribution in [0.3, 0.4) is 0 Å². The molecule has 0 aromatic carbocycles. The van der Waals surface area contributed by atoms with Gasteiger partial charge in [0.1, 0.15) is 12.0 Å². The molecule has 1 aromatic rings. The lowest BCUT2D eigenvalue weighted by molar-refractivity contribution is -0.659. The number of ether oxygens (including phenoxy) is 1. The molecule has 1 saturated carbocycles. The molecule has 2 heterocycles. The van der Waals surface area contributed by atoms with Crippen LogP contribution < -0.4 is 5.32 Å². The maximum absolute atomic E-state index is 12.5. The molecule has 0 amide bonds. The van der Waals surface area contributed by atoms with Gasteiger partial charge >= 0.3 is 5.97 Å². The highest BCUT2D eigenvalue weighted by atomic mass is 16.6. The topological polar surface area (TPSA) is 60.7 Å². The third kappa shape index (κ3) is 3.34. The lowest BCUT2D eigenvalue weighted by Crippen LogP contribution is -2.86. The Hall–Kier alpha value is -1.62. The second-order valence-electron chi connectivity index (χ2n) is 8.81. The van der Waals surface area contributed by atoms with E-state index in [1.807, 2.05) is 18.7 Å². The van der Waals surface area contributed by atoms with Crippen molar-refractivity contribution in [3.63, 3.8) is 0 Å². The lowest BCUT2D eigenvalue weighted by Gasteiger charge is -2.45. The van der Waals surface area contributed by atoms with Crippen LogP contribution in [-0.2, 0) is 16.1 Å². The van der Waals surface area contributed by atoms with Gasteiger partial charge in [0.2, 0.25) is 0 Å². The predicted molar refractivity (Wildman–Crippen MR) is 99.2 cm³/mol. The number of hydrogen-bond donors (Lipinski definition) is 1. The van der Waals surface area contributed by atoms with Gasteiger partial charge in [-0.2, -0.15) is 0 Å². The fraction of sp³-hybridized carbons (Fsp3) is 0.714. The largest absolute Gasteiger partial charge is 0.461 e. The van der Waals surface area contributed by atoms with Gasteiger partial charge in [0.25, 0.3) is 0 Å². The van der Waals surface area contributed by atoms with Crippen molar-refractivity contribution in [3.05, 3.63) is 30.4 Å². The van der Waals surface area contributed by atoms with Gasteiger partial charge in [-0.05, 0) is 30.6 Å². The third-order valence-electron chi connectivity index (χ3n) is 6.89. The van der Waals surface area contributed by atoms with E-state index in [2.05, 4.69) is 34.8 Å². The van der Waals surface area contributed by atoms with E-state index in [4.69, 9.17) is 4.74 Å². The average Bonchev–Trinajstić information content (AvgIpc) is 3.21. The van der Waals surface area contributed by atoms with E-state index in [0.717, 1.165) is 32.5 Å². The Bertz CT molecular complexity index is 669. The maximum Gasteiger partial charge on any atom is 0.315 e. The minimum atomic E-state index is 0.0256. The van der Waals surface area contributed by atoms with Crippen molar-refractivity contribution >= 4 is 5.97 Å². The van der Waals surface area contributed by atoms with Gasteiger partial charge in [0, 0.05) is 31.3 Å². The van der Waals surface area contributed by atoms with Crippen molar-refractivity contribution < 1.29 is 14.8 Å². The zero-order chi connectivity index (χ0) is 18.1. The summed E-state index contributed by atoms with van der Waals surface area (Å²) in [7, 11) is 0. The van der Waals surface area contributed by atoms with Crippen LogP contribution >= 0.6 is 0 Å². The van der Waals surface area contributed by atoms with Gasteiger partial charge < -0.3 is 14.6 Å². The summed E-state index contributed by atoms with van der Waals surface area (Å²) in [6, 6.07) is 0. The molecule has 3 aliphatic rings. The van der Waals surface area contributed by atoms with E-state index in [0.29, 0.717) is 5.92 Å². The first-order valence-electron chi connectivity index (χ1n) is 10.3. The van der Waals surface area contributed by atoms with Crippen molar-refractivity contribution in [1.82, 2.24) is 9.55 Å². The number of imidazole rings is 1. The van der Waals surface area contributed by atoms with Crippen molar-refractivity contribution in [3.8, 4) is 0 Å². The minimum Gasteiger partial charge on any atom is -0.461 e. The summed E-state index contributed by atoms with van der Waals surface area (Å²) in [6.45, 7) is 7.60. The monoisotopic (exact) mass is 358 g/mol. The van der Waals surface area contributed by atoms with E-state index in [-0.39, 0.29) is 29.3 Å². The Balaban J connectivity index is 1.35. The summed E-state index contributed by atoms with van der Waals surface area (Å²) >= 11 is 0. The van der Waals surface area contributed by atoms with Crippen LogP contribution in [0.25, 0.3) is 0 Å². The number of quaternary nitrogens is 1. The van der Waals surface area contributed by atoms with Gasteiger partial charge in [-0.1, -0.05) is 31.9 Å². The molecule has 1 saturated heterocycles. The van der Waals surface area contributed by atoms with Crippen LogP contribution in [-0.4, -0.2) is 34.7 Å². The first-order chi connectivity index (χ1) is 12.6. The predicted octanol–water partition coefficient (Wildman–Crippen LogP) is 2.15. The number of carbonyl (C=O) groups is 1. The summed E-state index contributed by atoms with van der Waals surface area (Å²) in [6.07, 6.45) is 14.2. The first-order valence-corrected chi connectivity index (χ1v) is 10.3. The molecule has 26 heavy (non-hydrogen) atoms. The quantitative estimate of drug-likeness (QED) is 0.481. The van der Waals surface area contributed by atoms with Crippen LogP contribution in [0.5, 0.6) is 0 Å². The fourth-order valence-corrected chi connectivity index (χ4v) is 5.45. The number of nitrogens with two attached hydrogens (primary N) is 1. The van der Waals surface area contributed by atoms with E-state index >= 15 is 0 Å². The van der Waals surface area contributed by atoms with Crippen LogP contribution in [0.1, 0.15) is 46.0 Å². The highest BCUT2D eigenvalue weighted by molar-refractivity contribution is 5.76. The van der Waals surface area contributed by atoms with Crippen LogP contribution in [0, 0.1) is 23.2 Å². The van der Waals surface area contributed by atoms with E-state index in [9.17, 15) is 4.79 Å². The summed E-state index contributed by atoms with van der Waals surface area (Å²) < 4.78 is 7.93. The van der Waals surface area contributed by atoms with E-state index < -0.39 is 0 Å². The number of carbonyl (C=O) groups excluding carboxylic acids is 1. The van der Waals surface area contributed by atoms with Crippen molar-refractivity contribution in [1.29, 1.82) is 0 Å². The lowest BCUT2D eigenvalue weighted by atomic mass is 9.59. The molecule has 0 bridgehead atoms. The summed E-state index contributed by atoms with van der Waals surface area (Å²) in [4.78, 5) is 16.6. The Morgan fingerprint density at radius 1 is 1.46 bits per heavy atom. The fourth-order valence-electron chi connectivity index (χ4n) is 5.45. The molecule has 0 unspecified atom stereocenters. The zero-order valence-electron chi connectivity index (χ0n) is 16.1. The van der Waals surface area contributed by atoms with Crippen LogP contribution in [0.4, 0.5) is 0 Å². The number of aryl methyl sites for hydroxylation is 1. The number of rotatable bonds is 6. The average molecular weight is 359 g/mol. The molecular weight excluding hydrogens is 326 g/mol. The Kier molecular flexibility index (Phi) is 4.91. The van der Waals surface area contributed by atoms with E-state index in [1.165, 1.54) is 19.3 Å².